The average Bonchev–Trinajstić information content (AvgIpc) is 3.09. The van der Waals surface area contributed by atoms with Crippen molar-refractivity contribution in [3.8, 4) is 0 Å². The molecule has 0 spiro atoms. The number of anilines is 2. The van der Waals surface area contributed by atoms with Crippen LogP contribution in [0.3, 0.4) is 0 Å². The zero-order valence-electron chi connectivity index (χ0n) is 16.3. The van der Waals surface area contributed by atoms with E-state index in [1.54, 1.807) is 0 Å². The van der Waals surface area contributed by atoms with Gasteiger partial charge in [0.2, 0.25) is 0 Å². The van der Waals surface area contributed by atoms with E-state index in [1.165, 1.54) is 16.9 Å². The number of hydrogen-bond donors (Lipinski definition) is 2. The minimum absolute atomic E-state index is 0.0273. The smallest absolute Gasteiger partial charge is 0.306 e. The summed E-state index contributed by atoms with van der Waals surface area (Å²) in [7, 11) is 0. The van der Waals surface area contributed by atoms with Crippen molar-refractivity contribution < 1.29 is 4.79 Å². The minimum Gasteiger partial charge on any atom is -0.306 e. The molecule has 0 atom stereocenters. The summed E-state index contributed by atoms with van der Waals surface area (Å²) < 4.78 is 0. The first-order valence-corrected chi connectivity index (χ1v) is 10.4. The number of aryl methyl sites for hydroxylation is 2. The molecule has 4 nitrogen and oxygen atoms in total. The zero-order valence-corrected chi connectivity index (χ0v) is 17.8. The lowest BCUT2D eigenvalue weighted by Crippen LogP contribution is -2.20. The van der Waals surface area contributed by atoms with Gasteiger partial charge in [-0.1, -0.05) is 68.8 Å². The van der Waals surface area contributed by atoms with Gasteiger partial charge in [0.05, 0.1) is 10.7 Å². The second-order valence-electron chi connectivity index (χ2n) is 7.64. The van der Waals surface area contributed by atoms with E-state index in [-0.39, 0.29) is 11.4 Å². The Balaban J connectivity index is 1.59. The molecule has 0 aliphatic rings. The van der Waals surface area contributed by atoms with E-state index < -0.39 is 0 Å². The number of carbonyl (C=O) groups is 1. The van der Waals surface area contributed by atoms with E-state index >= 15 is 0 Å². The van der Waals surface area contributed by atoms with E-state index in [0.29, 0.717) is 15.8 Å². The summed E-state index contributed by atoms with van der Waals surface area (Å²) in [6, 6.07) is 15.7. The number of carbonyl (C=O) groups excluding carboxylic acids is 1. The van der Waals surface area contributed by atoms with Crippen LogP contribution in [0, 0.1) is 0 Å². The number of hydrogen-bond acceptors (Lipinski definition) is 3. The van der Waals surface area contributed by atoms with Crippen molar-refractivity contribution >= 4 is 39.8 Å². The molecule has 0 bridgehead atoms. The Hall–Kier alpha value is -2.37. The molecular formula is C22H24ClN3OS. The number of amides is 2. The lowest BCUT2D eigenvalue weighted by atomic mass is 9.87. The van der Waals surface area contributed by atoms with Crippen LogP contribution in [-0.2, 0) is 18.3 Å². The van der Waals surface area contributed by atoms with Gasteiger partial charge in [-0.05, 0) is 41.5 Å². The van der Waals surface area contributed by atoms with Crippen molar-refractivity contribution in [1.82, 2.24) is 4.98 Å². The second-order valence-corrected chi connectivity index (χ2v) is 9.16. The maximum atomic E-state index is 12.4. The number of thiazole rings is 1. The van der Waals surface area contributed by atoms with Crippen LogP contribution in [0.5, 0.6) is 0 Å². The predicted molar refractivity (Wildman–Crippen MR) is 119 cm³/mol. The van der Waals surface area contributed by atoms with Gasteiger partial charge in [-0.3, -0.25) is 5.32 Å². The van der Waals surface area contributed by atoms with E-state index in [0.717, 1.165) is 23.3 Å². The van der Waals surface area contributed by atoms with E-state index in [1.807, 2.05) is 42.6 Å². The summed E-state index contributed by atoms with van der Waals surface area (Å²) in [6.07, 6.45) is 3.66. The normalized spacial score (nSPS) is 11.3. The van der Waals surface area contributed by atoms with Crippen molar-refractivity contribution in [2.24, 2.45) is 0 Å². The fourth-order valence-electron chi connectivity index (χ4n) is 2.73. The lowest BCUT2D eigenvalue weighted by molar-refractivity contribution is 0.262. The molecule has 146 valence electrons. The summed E-state index contributed by atoms with van der Waals surface area (Å²) in [5, 5.41) is 6.69. The second kappa shape index (κ2) is 8.76. The fraction of sp³-hybridized carbons (Fsp3) is 0.273. The summed E-state index contributed by atoms with van der Waals surface area (Å²) >= 11 is 7.73. The SMILES string of the molecule is CC(C)(C)c1ccc(Cl)c(NC(=O)Nc2ncc(CCc3ccccc3)s2)c1. The molecule has 0 radical (unpaired) electrons. The molecule has 0 aliphatic carbocycles. The Bertz CT molecular complexity index is 948. The highest BCUT2D eigenvalue weighted by atomic mass is 35.5. The maximum Gasteiger partial charge on any atom is 0.325 e. The van der Waals surface area contributed by atoms with Crippen LogP contribution in [-0.4, -0.2) is 11.0 Å². The first kappa shape index (κ1) is 20.4. The van der Waals surface area contributed by atoms with Crippen LogP contribution in [0.2, 0.25) is 5.02 Å². The van der Waals surface area contributed by atoms with Gasteiger partial charge >= 0.3 is 6.03 Å². The molecule has 1 aromatic heterocycles. The Morgan fingerprint density at radius 1 is 1.07 bits per heavy atom. The Labute approximate surface area is 175 Å². The van der Waals surface area contributed by atoms with Crippen LogP contribution in [0.4, 0.5) is 15.6 Å². The lowest BCUT2D eigenvalue weighted by Gasteiger charge is -2.20. The van der Waals surface area contributed by atoms with Gasteiger partial charge in [0.25, 0.3) is 0 Å². The predicted octanol–water partition coefficient (Wildman–Crippen LogP) is 6.52. The minimum atomic E-state index is -0.350. The van der Waals surface area contributed by atoms with Crippen molar-refractivity contribution in [3.05, 3.63) is 75.8 Å². The summed E-state index contributed by atoms with van der Waals surface area (Å²) in [5.41, 5.74) is 2.95. The topological polar surface area (TPSA) is 54.0 Å². The van der Waals surface area contributed by atoms with Gasteiger partial charge in [0.1, 0.15) is 0 Å². The van der Waals surface area contributed by atoms with Crippen molar-refractivity contribution in [1.29, 1.82) is 0 Å². The van der Waals surface area contributed by atoms with Crippen molar-refractivity contribution in [2.45, 2.75) is 39.0 Å². The highest BCUT2D eigenvalue weighted by Gasteiger charge is 2.16. The molecule has 6 heteroatoms. The van der Waals surface area contributed by atoms with Crippen LogP contribution in [0.25, 0.3) is 0 Å². The third-order valence-corrected chi connectivity index (χ3v) is 5.66. The summed E-state index contributed by atoms with van der Waals surface area (Å²) in [4.78, 5) is 17.8. The molecule has 0 saturated heterocycles. The van der Waals surface area contributed by atoms with Gasteiger partial charge in [0, 0.05) is 11.1 Å². The number of rotatable bonds is 5. The van der Waals surface area contributed by atoms with E-state index in [2.05, 4.69) is 48.5 Å². The molecule has 3 aromatic rings. The quantitative estimate of drug-likeness (QED) is 0.500. The molecule has 2 aromatic carbocycles. The third kappa shape index (κ3) is 5.57. The first-order valence-electron chi connectivity index (χ1n) is 9.18. The van der Waals surface area contributed by atoms with Gasteiger partial charge in [-0.2, -0.15) is 0 Å². The molecule has 2 N–H and O–H groups in total. The third-order valence-electron chi connectivity index (χ3n) is 4.36. The van der Waals surface area contributed by atoms with E-state index in [9.17, 15) is 4.79 Å². The number of halogens is 1. The standard InChI is InChI=1S/C22H24ClN3OS/c1-22(2,3)16-10-12-18(23)19(13-16)25-20(27)26-21-24-14-17(28-21)11-9-15-7-5-4-6-8-15/h4-8,10,12-14H,9,11H2,1-3H3,(H2,24,25,26,27). The van der Waals surface area contributed by atoms with E-state index in [4.69, 9.17) is 11.6 Å². The van der Waals surface area contributed by atoms with Gasteiger partial charge < -0.3 is 5.32 Å². The van der Waals surface area contributed by atoms with Crippen molar-refractivity contribution in [3.63, 3.8) is 0 Å². The molecule has 0 unspecified atom stereocenters. The van der Waals surface area contributed by atoms with Gasteiger partial charge in [0.15, 0.2) is 5.13 Å². The van der Waals surface area contributed by atoms with Gasteiger partial charge in [-0.25, -0.2) is 9.78 Å². The Kier molecular flexibility index (Phi) is 6.37. The Morgan fingerprint density at radius 3 is 2.54 bits per heavy atom. The fourth-order valence-corrected chi connectivity index (χ4v) is 3.70. The van der Waals surface area contributed by atoms with Crippen LogP contribution >= 0.6 is 22.9 Å². The molecule has 0 saturated carbocycles. The molecule has 1 heterocycles. The maximum absolute atomic E-state index is 12.4. The molecule has 0 aliphatic heterocycles. The molecule has 0 fully saturated rings. The first-order chi connectivity index (χ1) is 13.3. The number of nitrogens with zero attached hydrogens (tertiary/aromatic N) is 1. The average molecular weight is 414 g/mol. The Morgan fingerprint density at radius 2 is 1.82 bits per heavy atom. The summed E-state index contributed by atoms with van der Waals surface area (Å²) in [6.45, 7) is 6.35. The molecule has 3 rings (SSSR count). The number of benzene rings is 2. The van der Waals surface area contributed by atoms with Crippen molar-refractivity contribution in [2.75, 3.05) is 10.6 Å². The number of urea groups is 1. The number of aromatic nitrogens is 1. The highest BCUT2D eigenvalue weighted by molar-refractivity contribution is 7.15. The van der Waals surface area contributed by atoms with Crippen LogP contribution in [0.1, 0.15) is 36.8 Å². The summed E-state index contributed by atoms with van der Waals surface area (Å²) in [5.74, 6) is 0. The highest BCUT2D eigenvalue weighted by Crippen LogP contribution is 2.30. The van der Waals surface area contributed by atoms with Crippen LogP contribution in [0.15, 0.2) is 54.7 Å². The number of nitrogens with one attached hydrogen (secondary N) is 2. The van der Waals surface area contributed by atoms with Gasteiger partial charge in [-0.15, -0.1) is 11.3 Å². The van der Waals surface area contributed by atoms with Crippen LogP contribution < -0.4 is 10.6 Å². The monoisotopic (exact) mass is 413 g/mol. The molecule has 28 heavy (non-hydrogen) atoms. The molecule has 2 amide bonds. The molecular weight excluding hydrogens is 390 g/mol. The largest absolute Gasteiger partial charge is 0.325 e. The zero-order chi connectivity index (χ0) is 20.1.